The Morgan fingerprint density at radius 3 is 2.60 bits per heavy atom. The number of hydrogen-bond acceptors (Lipinski definition) is 3. The molecule has 0 saturated carbocycles. The number of oxazole rings is 1. The Morgan fingerprint density at radius 1 is 1.27 bits per heavy atom. The number of benzene rings is 1. The molecule has 2 rings (SSSR count). The number of nitrogens with zero attached hydrogens (tertiary/aromatic N) is 1. The van der Waals surface area contributed by atoms with Crippen LogP contribution in [-0.4, -0.2) is 10.1 Å². The van der Waals surface area contributed by atoms with E-state index in [-0.39, 0.29) is 12.4 Å². The van der Waals surface area contributed by atoms with Gasteiger partial charge in [-0.3, -0.25) is 0 Å². The molecule has 0 fully saturated rings. The van der Waals surface area contributed by atoms with Crippen LogP contribution >= 0.6 is 0 Å². The quantitative estimate of drug-likeness (QED) is 0.836. The number of aromatic nitrogens is 1. The van der Waals surface area contributed by atoms with E-state index >= 15 is 0 Å². The van der Waals surface area contributed by atoms with E-state index < -0.39 is 0 Å². The second-order valence-corrected chi connectivity index (χ2v) is 3.19. The van der Waals surface area contributed by atoms with Gasteiger partial charge in [-0.05, 0) is 17.7 Å². The zero-order chi connectivity index (χ0) is 10.7. The zero-order valence-electron chi connectivity index (χ0n) is 7.98. The molecule has 4 heteroatoms. The van der Waals surface area contributed by atoms with Crippen LogP contribution < -0.4 is 0 Å². The molecule has 78 valence electrons. The molecule has 1 aromatic heterocycles. The van der Waals surface area contributed by atoms with Crippen LogP contribution in [0, 0.1) is 5.82 Å². The molecule has 0 aliphatic heterocycles. The third kappa shape index (κ3) is 2.41. The molecule has 1 aromatic carbocycles. The lowest BCUT2D eigenvalue weighted by molar-refractivity contribution is 0.276. The zero-order valence-corrected chi connectivity index (χ0v) is 7.98. The smallest absolute Gasteiger partial charge is 0.198 e. The molecule has 0 amide bonds. The molecule has 0 atom stereocenters. The van der Waals surface area contributed by atoms with Gasteiger partial charge in [0.2, 0.25) is 0 Å². The van der Waals surface area contributed by atoms with Gasteiger partial charge in [-0.1, -0.05) is 12.1 Å². The highest BCUT2D eigenvalue weighted by Crippen LogP contribution is 2.10. The van der Waals surface area contributed by atoms with Gasteiger partial charge in [0, 0.05) is 6.42 Å². The number of aliphatic hydroxyl groups is 1. The van der Waals surface area contributed by atoms with E-state index in [1.54, 1.807) is 12.1 Å². The molecule has 0 aliphatic carbocycles. The molecule has 0 radical (unpaired) electrons. The Morgan fingerprint density at radius 2 is 2.00 bits per heavy atom. The van der Waals surface area contributed by atoms with E-state index in [2.05, 4.69) is 4.98 Å². The second kappa shape index (κ2) is 4.23. The SMILES string of the molecule is OCc1coc(Cc2ccc(F)cc2)n1. The Labute approximate surface area is 86.2 Å². The third-order valence-electron chi connectivity index (χ3n) is 2.03. The van der Waals surface area contributed by atoms with Crippen molar-refractivity contribution < 1.29 is 13.9 Å². The van der Waals surface area contributed by atoms with Gasteiger partial charge < -0.3 is 9.52 Å². The monoisotopic (exact) mass is 207 g/mol. The number of hydrogen-bond donors (Lipinski definition) is 1. The summed E-state index contributed by atoms with van der Waals surface area (Å²) in [6.07, 6.45) is 1.92. The van der Waals surface area contributed by atoms with E-state index in [4.69, 9.17) is 9.52 Å². The average molecular weight is 207 g/mol. The van der Waals surface area contributed by atoms with Crippen LogP contribution in [0.4, 0.5) is 4.39 Å². The van der Waals surface area contributed by atoms with Crippen LogP contribution in [0.5, 0.6) is 0 Å². The predicted molar refractivity (Wildman–Crippen MR) is 51.6 cm³/mol. The molecule has 0 unspecified atom stereocenters. The summed E-state index contributed by atoms with van der Waals surface area (Å²) >= 11 is 0. The molecular formula is C11H10FNO2. The van der Waals surface area contributed by atoms with Gasteiger partial charge in [0.05, 0.1) is 6.61 Å². The summed E-state index contributed by atoms with van der Waals surface area (Å²) in [4.78, 5) is 4.04. The third-order valence-corrected chi connectivity index (χ3v) is 2.03. The molecular weight excluding hydrogens is 197 g/mol. The van der Waals surface area contributed by atoms with Gasteiger partial charge in [-0.25, -0.2) is 9.37 Å². The standard InChI is InChI=1S/C11H10FNO2/c12-9-3-1-8(2-4-9)5-11-13-10(6-14)7-15-11/h1-4,7,14H,5-6H2. The number of halogens is 1. The first kappa shape index (κ1) is 9.86. The van der Waals surface area contributed by atoms with Crippen molar-refractivity contribution in [3.8, 4) is 0 Å². The fourth-order valence-electron chi connectivity index (χ4n) is 1.28. The largest absolute Gasteiger partial charge is 0.448 e. The summed E-state index contributed by atoms with van der Waals surface area (Å²) in [6, 6.07) is 6.15. The summed E-state index contributed by atoms with van der Waals surface area (Å²) < 4.78 is 17.7. The summed E-state index contributed by atoms with van der Waals surface area (Å²) in [5.74, 6) is 0.257. The Hall–Kier alpha value is -1.68. The number of aliphatic hydroxyl groups excluding tert-OH is 1. The minimum Gasteiger partial charge on any atom is -0.448 e. The average Bonchev–Trinajstić information content (AvgIpc) is 2.69. The van der Waals surface area contributed by atoms with Crippen molar-refractivity contribution in [1.29, 1.82) is 0 Å². The summed E-state index contributed by atoms with van der Waals surface area (Å²) in [6.45, 7) is -0.132. The minimum absolute atomic E-state index is 0.132. The second-order valence-electron chi connectivity index (χ2n) is 3.19. The van der Waals surface area contributed by atoms with Crippen LogP contribution in [0.25, 0.3) is 0 Å². The van der Waals surface area contributed by atoms with Gasteiger partial charge in [0.1, 0.15) is 17.8 Å². The van der Waals surface area contributed by atoms with E-state index in [0.29, 0.717) is 18.0 Å². The van der Waals surface area contributed by atoms with Crippen LogP contribution in [-0.2, 0) is 13.0 Å². The van der Waals surface area contributed by atoms with Gasteiger partial charge >= 0.3 is 0 Å². The van der Waals surface area contributed by atoms with Gasteiger partial charge in [0.25, 0.3) is 0 Å². The van der Waals surface area contributed by atoms with E-state index in [9.17, 15) is 4.39 Å². The molecule has 0 bridgehead atoms. The maximum absolute atomic E-state index is 12.6. The first-order valence-electron chi connectivity index (χ1n) is 4.56. The molecule has 1 N–H and O–H groups in total. The fourth-order valence-corrected chi connectivity index (χ4v) is 1.28. The lowest BCUT2D eigenvalue weighted by Crippen LogP contribution is -1.90. The summed E-state index contributed by atoms with van der Waals surface area (Å²) in [5, 5.41) is 8.78. The number of rotatable bonds is 3. The van der Waals surface area contributed by atoms with Crippen molar-refractivity contribution >= 4 is 0 Å². The van der Waals surface area contributed by atoms with Crippen LogP contribution in [0.1, 0.15) is 17.1 Å². The van der Waals surface area contributed by atoms with E-state index in [0.717, 1.165) is 5.56 Å². The Balaban J connectivity index is 2.11. The topological polar surface area (TPSA) is 46.3 Å². The van der Waals surface area contributed by atoms with Crippen molar-refractivity contribution in [3.05, 3.63) is 53.5 Å². The van der Waals surface area contributed by atoms with Gasteiger partial charge in [0.15, 0.2) is 5.89 Å². The highest BCUT2D eigenvalue weighted by molar-refractivity contribution is 5.19. The maximum atomic E-state index is 12.6. The summed E-state index contributed by atoms with van der Waals surface area (Å²) in [5.41, 5.74) is 1.43. The Bertz CT molecular complexity index is 436. The lowest BCUT2D eigenvalue weighted by Gasteiger charge is -1.96. The van der Waals surface area contributed by atoms with Crippen LogP contribution in [0.2, 0.25) is 0 Å². The first-order valence-corrected chi connectivity index (χ1v) is 4.56. The molecule has 1 heterocycles. The first-order chi connectivity index (χ1) is 7.28. The van der Waals surface area contributed by atoms with Gasteiger partial charge in [-0.15, -0.1) is 0 Å². The molecule has 2 aromatic rings. The van der Waals surface area contributed by atoms with Crippen molar-refractivity contribution in [2.45, 2.75) is 13.0 Å². The molecule has 0 aliphatic rings. The fraction of sp³-hybridized carbons (Fsp3) is 0.182. The summed E-state index contributed by atoms with van der Waals surface area (Å²) in [7, 11) is 0. The van der Waals surface area contributed by atoms with Crippen molar-refractivity contribution in [2.24, 2.45) is 0 Å². The highest BCUT2D eigenvalue weighted by Gasteiger charge is 2.04. The van der Waals surface area contributed by atoms with Crippen molar-refractivity contribution in [2.75, 3.05) is 0 Å². The van der Waals surface area contributed by atoms with E-state index in [1.807, 2.05) is 0 Å². The molecule has 3 nitrogen and oxygen atoms in total. The minimum atomic E-state index is -0.262. The lowest BCUT2D eigenvalue weighted by atomic mass is 10.1. The van der Waals surface area contributed by atoms with E-state index in [1.165, 1.54) is 18.4 Å². The Kier molecular flexibility index (Phi) is 2.78. The normalized spacial score (nSPS) is 10.5. The molecule has 15 heavy (non-hydrogen) atoms. The van der Waals surface area contributed by atoms with Crippen LogP contribution in [0.3, 0.4) is 0 Å². The molecule has 0 saturated heterocycles. The van der Waals surface area contributed by atoms with Crippen molar-refractivity contribution in [1.82, 2.24) is 4.98 Å². The maximum Gasteiger partial charge on any atom is 0.198 e. The van der Waals surface area contributed by atoms with Gasteiger partial charge in [-0.2, -0.15) is 0 Å². The van der Waals surface area contributed by atoms with Crippen molar-refractivity contribution in [3.63, 3.8) is 0 Å². The highest BCUT2D eigenvalue weighted by atomic mass is 19.1. The predicted octanol–water partition coefficient (Wildman–Crippen LogP) is 1.90. The molecule has 0 spiro atoms. The van der Waals surface area contributed by atoms with Crippen LogP contribution in [0.15, 0.2) is 34.9 Å².